The van der Waals surface area contributed by atoms with Crippen LogP contribution in [0.1, 0.15) is 37.9 Å². The maximum absolute atomic E-state index is 12.6. The molecule has 1 aromatic rings. The third kappa shape index (κ3) is 5.20. The molecular formula is C18H31N5O2S. The number of hydrogen-bond acceptors (Lipinski definition) is 6. The molecule has 26 heavy (non-hydrogen) atoms. The number of methoxy groups -OCH3 is 1. The van der Waals surface area contributed by atoms with Crippen LogP contribution in [0.2, 0.25) is 0 Å². The van der Waals surface area contributed by atoms with Crippen LogP contribution < -0.4 is 10.6 Å². The molecule has 146 valence electrons. The second-order valence-electron chi connectivity index (χ2n) is 7.34. The molecule has 0 radical (unpaired) electrons. The molecule has 0 unspecified atom stereocenters. The normalized spacial score (nSPS) is 27.4. The highest BCUT2D eigenvalue weighted by Gasteiger charge is 2.35. The zero-order valence-corrected chi connectivity index (χ0v) is 16.6. The zero-order valence-electron chi connectivity index (χ0n) is 15.8. The standard InChI is InChI=1S/C18H31N5O2S/c1-23-12-20-22-17(23)5-8-19-18(24)13-3-4-16(25-2)15(11-13)21-14-6-9-26-10-7-14/h12-16,21H,3-11H2,1-2H3,(H,19,24)/t13-,15+,16+/m0/s1. The van der Waals surface area contributed by atoms with E-state index in [0.29, 0.717) is 19.0 Å². The summed E-state index contributed by atoms with van der Waals surface area (Å²) in [5.41, 5.74) is 0. The second kappa shape index (κ2) is 9.71. The van der Waals surface area contributed by atoms with Gasteiger partial charge in [-0.05, 0) is 43.6 Å². The van der Waals surface area contributed by atoms with Gasteiger partial charge in [-0.25, -0.2) is 0 Å². The summed E-state index contributed by atoms with van der Waals surface area (Å²) in [5.74, 6) is 3.58. The number of nitrogens with zero attached hydrogens (tertiary/aromatic N) is 3. The molecule has 2 fully saturated rings. The lowest BCUT2D eigenvalue weighted by Crippen LogP contribution is -2.52. The molecule has 1 aromatic heterocycles. The maximum atomic E-state index is 12.6. The largest absolute Gasteiger partial charge is 0.380 e. The molecule has 0 spiro atoms. The van der Waals surface area contributed by atoms with Crippen molar-refractivity contribution in [3.63, 3.8) is 0 Å². The summed E-state index contributed by atoms with van der Waals surface area (Å²) in [5, 5.41) is 14.8. The van der Waals surface area contributed by atoms with Crippen LogP contribution in [-0.2, 0) is 23.0 Å². The molecule has 3 atom stereocenters. The van der Waals surface area contributed by atoms with Gasteiger partial charge in [-0.15, -0.1) is 10.2 Å². The van der Waals surface area contributed by atoms with Crippen molar-refractivity contribution < 1.29 is 9.53 Å². The first-order valence-corrected chi connectivity index (χ1v) is 10.8. The Labute approximate surface area is 160 Å². The second-order valence-corrected chi connectivity index (χ2v) is 8.57. The Kier molecular flexibility index (Phi) is 7.33. The summed E-state index contributed by atoms with van der Waals surface area (Å²) >= 11 is 2.03. The fourth-order valence-electron chi connectivity index (χ4n) is 3.98. The van der Waals surface area contributed by atoms with Gasteiger partial charge >= 0.3 is 0 Å². The lowest BCUT2D eigenvalue weighted by Gasteiger charge is -2.38. The third-order valence-electron chi connectivity index (χ3n) is 5.58. The van der Waals surface area contributed by atoms with Gasteiger partial charge in [0.1, 0.15) is 12.2 Å². The number of thioether (sulfide) groups is 1. The Morgan fingerprint density at radius 3 is 2.85 bits per heavy atom. The molecule has 2 N–H and O–H groups in total. The van der Waals surface area contributed by atoms with Crippen molar-refractivity contribution in [2.45, 2.75) is 56.7 Å². The number of nitrogens with one attached hydrogen (secondary N) is 2. The molecular weight excluding hydrogens is 350 g/mol. The molecule has 1 saturated carbocycles. The molecule has 2 heterocycles. The van der Waals surface area contributed by atoms with Gasteiger partial charge in [0.15, 0.2) is 0 Å². The van der Waals surface area contributed by atoms with Crippen LogP contribution >= 0.6 is 11.8 Å². The highest BCUT2D eigenvalue weighted by atomic mass is 32.2. The highest BCUT2D eigenvalue weighted by molar-refractivity contribution is 7.99. The lowest BCUT2D eigenvalue weighted by atomic mass is 9.82. The first kappa shape index (κ1) is 19.6. The van der Waals surface area contributed by atoms with Crippen LogP contribution in [-0.4, -0.2) is 64.0 Å². The molecule has 7 nitrogen and oxygen atoms in total. The molecule has 2 aliphatic rings. The van der Waals surface area contributed by atoms with Gasteiger partial charge in [0.05, 0.1) is 6.10 Å². The van der Waals surface area contributed by atoms with E-state index in [-0.39, 0.29) is 24.0 Å². The average molecular weight is 382 g/mol. The molecule has 1 saturated heterocycles. The Hall–Kier alpha value is -1.12. The summed E-state index contributed by atoms with van der Waals surface area (Å²) < 4.78 is 7.59. The minimum atomic E-state index is 0.0661. The predicted octanol–water partition coefficient (Wildman–Crippen LogP) is 1.14. The summed E-state index contributed by atoms with van der Waals surface area (Å²) in [6.07, 6.45) is 7.73. The van der Waals surface area contributed by atoms with Gasteiger partial charge in [-0.1, -0.05) is 0 Å². The van der Waals surface area contributed by atoms with E-state index in [1.807, 2.05) is 23.4 Å². The van der Waals surface area contributed by atoms with E-state index in [9.17, 15) is 4.79 Å². The number of aryl methyl sites for hydroxylation is 1. The molecule has 1 aliphatic carbocycles. The lowest BCUT2D eigenvalue weighted by molar-refractivity contribution is -0.127. The molecule has 0 aromatic carbocycles. The Balaban J connectivity index is 1.47. The van der Waals surface area contributed by atoms with E-state index in [4.69, 9.17) is 4.74 Å². The van der Waals surface area contributed by atoms with Crippen molar-refractivity contribution in [2.75, 3.05) is 25.2 Å². The van der Waals surface area contributed by atoms with Gasteiger partial charge in [-0.2, -0.15) is 11.8 Å². The van der Waals surface area contributed by atoms with E-state index in [0.717, 1.165) is 25.1 Å². The molecule has 8 heteroatoms. The summed E-state index contributed by atoms with van der Waals surface area (Å²) in [6, 6.07) is 0.841. The predicted molar refractivity (Wildman–Crippen MR) is 103 cm³/mol. The third-order valence-corrected chi connectivity index (χ3v) is 6.63. The van der Waals surface area contributed by atoms with E-state index in [1.54, 1.807) is 13.4 Å². The molecule has 3 rings (SSSR count). The van der Waals surface area contributed by atoms with Crippen LogP contribution in [0.5, 0.6) is 0 Å². The summed E-state index contributed by atoms with van der Waals surface area (Å²) in [6.45, 7) is 0.605. The van der Waals surface area contributed by atoms with E-state index < -0.39 is 0 Å². The molecule has 0 bridgehead atoms. The first-order chi connectivity index (χ1) is 12.7. The fourth-order valence-corrected chi connectivity index (χ4v) is 5.09. The van der Waals surface area contributed by atoms with Crippen LogP contribution in [0.15, 0.2) is 6.33 Å². The van der Waals surface area contributed by atoms with Gasteiger partial charge < -0.3 is 19.9 Å². The molecule has 1 aliphatic heterocycles. The van der Waals surface area contributed by atoms with E-state index in [1.165, 1.54) is 24.3 Å². The first-order valence-electron chi connectivity index (χ1n) is 9.64. The Morgan fingerprint density at radius 1 is 1.35 bits per heavy atom. The van der Waals surface area contributed by atoms with E-state index in [2.05, 4.69) is 20.8 Å². The SMILES string of the molecule is CO[C@@H]1CC[C@H](C(=O)NCCc2nncn2C)C[C@H]1NC1CCSCC1. The van der Waals surface area contributed by atoms with E-state index >= 15 is 0 Å². The smallest absolute Gasteiger partial charge is 0.223 e. The van der Waals surface area contributed by atoms with Crippen molar-refractivity contribution in [3.05, 3.63) is 12.2 Å². The molecule has 1 amide bonds. The van der Waals surface area contributed by atoms with Crippen molar-refractivity contribution in [3.8, 4) is 0 Å². The van der Waals surface area contributed by atoms with Gasteiger partial charge in [0.2, 0.25) is 5.91 Å². The number of rotatable bonds is 7. The van der Waals surface area contributed by atoms with Crippen LogP contribution in [0, 0.1) is 5.92 Å². The Bertz CT molecular complexity index is 576. The minimum absolute atomic E-state index is 0.0661. The van der Waals surface area contributed by atoms with Gasteiger partial charge in [-0.3, -0.25) is 4.79 Å². The summed E-state index contributed by atoms with van der Waals surface area (Å²) in [4.78, 5) is 12.6. The van der Waals surface area contributed by atoms with Crippen LogP contribution in [0.4, 0.5) is 0 Å². The van der Waals surface area contributed by atoms with Crippen LogP contribution in [0.25, 0.3) is 0 Å². The quantitative estimate of drug-likeness (QED) is 0.737. The monoisotopic (exact) mass is 381 g/mol. The number of carbonyl (C=O) groups is 1. The topological polar surface area (TPSA) is 81.1 Å². The van der Waals surface area contributed by atoms with Crippen molar-refractivity contribution in [1.29, 1.82) is 0 Å². The fraction of sp³-hybridized carbons (Fsp3) is 0.833. The van der Waals surface area contributed by atoms with Gasteiger partial charge in [0, 0.05) is 45.1 Å². The van der Waals surface area contributed by atoms with Crippen molar-refractivity contribution >= 4 is 17.7 Å². The zero-order chi connectivity index (χ0) is 18.4. The van der Waals surface area contributed by atoms with Crippen molar-refractivity contribution in [2.24, 2.45) is 13.0 Å². The Morgan fingerprint density at radius 2 is 2.15 bits per heavy atom. The maximum Gasteiger partial charge on any atom is 0.223 e. The van der Waals surface area contributed by atoms with Crippen molar-refractivity contribution in [1.82, 2.24) is 25.4 Å². The highest BCUT2D eigenvalue weighted by Crippen LogP contribution is 2.28. The minimum Gasteiger partial charge on any atom is -0.380 e. The number of aromatic nitrogens is 3. The number of amides is 1. The number of carbonyl (C=O) groups excluding carboxylic acids is 1. The number of ether oxygens (including phenoxy) is 1. The number of hydrogen-bond donors (Lipinski definition) is 2. The average Bonchev–Trinajstić information content (AvgIpc) is 3.07. The summed E-state index contributed by atoms with van der Waals surface area (Å²) in [7, 11) is 3.71. The van der Waals surface area contributed by atoms with Gasteiger partial charge in [0.25, 0.3) is 0 Å². The van der Waals surface area contributed by atoms with Crippen LogP contribution in [0.3, 0.4) is 0 Å².